The smallest absolute Gasteiger partial charge is 0.333 e. The van der Waals surface area contributed by atoms with E-state index < -0.39 is 18.6 Å². The third kappa shape index (κ3) is 6.87. The summed E-state index contributed by atoms with van der Waals surface area (Å²) in [5.74, 6) is 0.569. The van der Waals surface area contributed by atoms with Gasteiger partial charge in [-0.3, -0.25) is 16.3 Å². The summed E-state index contributed by atoms with van der Waals surface area (Å²) >= 11 is 1.30. The molecule has 0 atom stereocenters. The van der Waals surface area contributed by atoms with Crippen molar-refractivity contribution in [3.8, 4) is 39.5 Å². The number of benzene rings is 5. The summed E-state index contributed by atoms with van der Waals surface area (Å²) in [5, 5.41) is 3.71. The Morgan fingerprint density at radius 3 is 2.25 bits per heavy atom. The molecule has 0 aliphatic heterocycles. The number of aryl methyl sites for hydroxylation is 1. The van der Waals surface area contributed by atoms with Crippen LogP contribution in [0.2, 0.25) is 0 Å². The molecule has 8 rings (SSSR count). The van der Waals surface area contributed by atoms with Gasteiger partial charge in [-0.25, -0.2) is 0 Å². The Kier molecular flexibility index (Phi) is 8.59. The van der Waals surface area contributed by atoms with Crippen molar-refractivity contribution in [3.63, 3.8) is 0 Å². The van der Waals surface area contributed by atoms with E-state index in [2.05, 4.69) is 28.6 Å². The van der Waals surface area contributed by atoms with Gasteiger partial charge in [0.05, 0.1) is 16.9 Å². The second-order valence-electron chi connectivity index (χ2n) is 10.7. The fourth-order valence-electron chi connectivity index (χ4n) is 5.31. The van der Waals surface area contributed by atoms with Crippen molar-refractivity contribution in [1.82, 2.24) is 14.5 Å². The number of halogens is 3. The summed E-state index contributed by atoms with van der Waals surface area (Å²) in [5.41, 5.74) is 6.45. The minimum atomic E-state index is -4.42. The molecule has 8 heteroatoms. The van der Waals surface area contributed by atoms with E-state index in [0.717, 1.165) is 49.9 Å². The molecule has 0 unspecified atom stereocenters. The van der Waals surface area contributed by atoms with Crippen molar-refractivity contribution in [1.29, 1.82) is 0 Å². The van der Waals surface area contributed by atoms with Crippen LogP contribution in [0.15, 0.2) is 140 Å². The first-order valence-electron chi connectivity index (χ1n) is 16.1. The van der Waals surface area contributed by atoms with Crippen LogP contribution in [0.1, 0.15) is 15.2 Å². The second-order valence-corrected chi connectivity index (χ2v) is 11.5. The number of imidazole rings is 1. The molecule has 48 heavy (non-hydrogen) atoms. The first-order valence-corrected chi connectivity index (χ1v) is 15.5. The first-order chi connectivity index (χ1) is 24.1. The summed E-state index contributed by atoms with van der Waals surface area (Å²) in [6.45, 7) is -2.09. The van der Waals surface area contributed by atoms with Gasteiger partial charge in [-0.2, -0.15) is 13.2 Å². The number of hydrogen-bond donors (Lipinski definition) is 0. The summed E-state index contributed by atoms with van der Waals surface area (Å²) < 4.78 is 64.7. The zero-order chi connectivity index (χ0) is 34.9. The van der Waals surface area contributed by atoms with Gasteiger partial charge in [0, 0.05) is 41.7 Å². The van der Waals surface area contributed by atoms with E-state index in [0.29, 0.717) is 16.8 Å². The van der Waals surface area contributed by atoms with E-state index in [1.54, 1.807) is 18.2 Å². The molecular weight excluding hydrogens is 804 g/mol. The average Bonchev–Trinajstić information content (AvgIpc) is 3.73. The number of alkyl halides is 3. The second kappa shape index (κ2) is 14.1. The van der Waals surface area contributed by atoms with Crippen LogP contribution in [-0.2, 0) is 26.3 Å². The predicted molar refractivity (Wildman–Crippen MR) is 184 cm³/mol. The van der Waals surface area contributed by atoms with E-state index in [4.69, 9.17) is 9.10 Å². The van der Waals surface area contributed by atoms with Crippen LogP contribution in [0.4, 0.5) is 13.2 Å². The van der Waals surface area contributed by atoms with Crippen molar-refractivity contribution in [3.05, 3.63) is 162 Å². The van der Waals surface area contributed by atoms with Gasteiger partial charge in [-0.1, -0.05) is 101 Å². The first kappa shape index (κ1) is 29.3. The van der Waals surface area contributed by atoms with Gasteiger partial charge in [0.2, 0.25) is 0 Å². The van der Waals surface area contributed by atoms with Gasteiger partial charge in [0.15, 0.2) is 0 Å². The summed E-state index contributed by atoms with van der Waals surface area (Å²) in [6, 6.07) is 43.5. The molecule has 0 saturated carbocycles. The van der Waals surface area contributed by atoms with Gasteiger partial charge in [0.1, 0.15) is 0 Å². The molecule has 0 N–H and O–H groups in total. The maximum Gasteiger partial charge on any atom is 0.415 e. The molecule has 0 amide bonds. The van der Waals surface area contributed by atoms with E-state index in [1.807, 2.05) is 89.5 Å². The maximum atomic E-state index is 13.4. The monoisotopic (exact) mass is 833 g/mol. The number of nitrogens with zero attached hydrogens (tertiary/aromatic N) is 3. The van der Waals surface area contributed by atoms with Gasteiger partial charge >= 0.3 is 6.18 Å². The van der Waals surface area contributed by atoms with E-state index >= 15 is 0 Å². The standard InChI is InChI=1S/C28H16F3N2S.C12H10N.Ir/c29-28(30,31)20-12-15-26-22(16-20)23(17-34-26)27-32-24-8-4-5-9-25(24)33(27)21-13-10-19(11-14-21)18-6-2-1-3-7-18;1-10-7-8-12(13-9-10)11-5-3-2-4-6-11;/h1-16H;2-5,7-9H,1H3;/q2*-1;/i;1D3;. The molecule has 8 aromatic rings. The number of rotatable bonds is 4. The zero-order valence-electron chi connectivity index (χ0n) is 28.0. The Hall–Kier alpha value is -4.88. The molecular formula is C40H26F3IrN3S-2. The van der Waals surface area contributed by atoms with Gasteiger partial charge < -0.3 is 9.55 Å². The Balaban J connectivity index is 0.000000222. The molecule has 0 aliphatic carbocycles. The average molecular weight is 833 g/mol. The quantitative estimate of drug-likeness (QED) is 0.165. The molecule has 1 radical (unpaired) electrons. The zero-order valence-corrected chi connectivity index (χ0v) is 28.2. The normalized spacial score (nSPS) is 12.4. The molecule has 3 nitrogen and oxygen atoms in total. The van der Waals surface area contributed by atoms with Crippen LogP contribution >= 0.6 is 11.3 Å². The Morgan fingerprint density at radius 2 is 1.54 bits per heavy atom. The van der Waals surface area contributed by atoms with Crippen molar-refractivity contribution in [2.45, 2.75) is 13.0 Å². The number of thiophene rings is 1. The molecule has 0 fully saturated rings. The SMILES string of the molecule is FC(F)(F)c1ccc2s[c-]c(-c3nc4ccccc4n3-c3ccc(-c4ccccc4)cc3)c2c1.[2H]C([2H])([2H])c1ccc(-c2[c-]cccc2)nc1.[Ir]. The molecule has 0 aliphatic rings. The Bertz CT molecular complexity index is 2390. The fraction of sp³-hybridized carbons (Fsp3) is 0.0500. The summed E-state index contributed by atoms with van der Waals surface area (Å²) in [4.78, 5) is 8.94. The maximum absolute atomic E-state index is 13.4. The molecule has 5 aromatic carbocycles. The van der Waals surface area contributed by atoms with Gasteiger partial charge in [0.25, 0.3) is 0 Å². The van der Waals surface area contributed by atoms with Gasteiger partial charge in [-0.15, -0.1) is 41.3 Å². The van der Waals surface area contributed by atoms with Crippen molar-refractivity contribution in [2.24, 2.45) is 0 Å². The van der Waals surface area contributed by atoms with Crippen LogP contribution in [0.25, 0.3) is 60.6 Å². The number of aromatic nitrogens is 3. The molecule has 0 bridgehead atoms. The Morgan fingerprint density at radius 1 is 0.792 bits per heavy atom. The number of hydrogen-bond acceptors (Lipinski definition) is 3. The molecule has 3 heterocycles. The van der Waals surface area contributed by atoms with Crippen molar-refractivity contribution in [2.75, 3.05) is 0 Å². The molecule has 239 valence electrons. The minimum Gasteiger partial charge on any atom is -0.333 e. The third-order valence-electron chi connectivity index (χ3n) is 7.60. The Labute approximate surface area is 298 Å². The predicted octanol–water partition coefficient (Wildman–Crippen LogP) is 11.2. The van der Waals surface area contributed by atoms with Crippen LogP contribution in [-0.4, -0.2) is 14.5 Å². The molecule has 0 saturated heterocycles. The minimum absolute atomic E-state index is 0. The van der Waals surface area contributed by atoms with Crippen LogP contribution in [0, 0.1) is 18.3 Å². The van der Waals surface area contributed by atoms with Crippen LogP contribution < -0.4 is 0 Å². The number of fused-ring (bicyclic) bond motifs is 2. The van der Waals surface area contributed by atoms with E-state index in [1.165, 1.54) is 29.7 Å². The fourth-order valence-corrected chi connectivity index (χ4v) is 6.13. The van der Waals surface area contributed by atoms with Crippen LogP contribution in [0.3, 0.4) is 0 Å². The van der Waals surface area contributed by atoms with Crippen molar-refractivity contribution < 1.29 is 37.4 Å². The summed E-state index contributed by atoms with van der Waals surface area (Å²) in [7, 11) is 0. The topological polar surface area (TPSA) is 30.7 Å². The third-order valence-corrected chi connectivity index (χ3v) is 8.49. The number of para-hydroxylation sites is 2. The van der Waals surface area contributed by atoms with Gasteiger partial charge in [-0.05, 0) is 53.5 Å². The summed E-state index contributed by atoms with van der Waals surface area (Å²) in [6.07, 6.45) is -3.02. The number of pyridine rings is 1. The van der Waals surface area contributed by atoms with E-state index in [-0.39, 0.29) is 25.7 Å². The molecule has 0 spiro atoms. The van der Waals surface area contributed by atoms with E-state index in [9.17, 15) is 13.2 Å². The largest absolute Gasteiger partial charge is 0.415 e. The van der Waals surface area contributed by atoms with Crippen molar-refractivity contribution >= 4 is 32.5 Å². The van der Waals surface area contributed by atoms with Crippen LogP contribution in [0.5, 0.6) is 0 Å². The molecule has 3 aromatic heterocycles.